The van der Waals surface area contributed by atoms with Crippen LogP contribution in [0.3, 0.4) is 0 Å². The fourth-order valence-electron chi connectivity index (χ4n) is 2.29. The summed E-state index contributed by atoms with van der Waals surface area (Å²) in [6, 6.07) is 7.83. The van der Waals surface area contributed by atoms with Crippen LogP contribution < -0.4 is 10.1 Å². The average molecular weight is 277 g/mol. The van der Waals surface area contributed by atoms with Crippen molar-refractivity contribution in [1.29, 1.82) is 0 Å². The SMILES string of the molecule is Cc1ccccc1OCCC(=O)NCC[C@H]1CCOC1. The summed E-state index contributed by atoms with van der Waals surface area (Å²) in [4.78, 5) is 11.7. The molecule has 1 aromatic carbocycles. The molecule has 1 aliphatic heterocycles. The first-order valence-electron chi connectivity index (χ1n) is 7.28. The minimum Gasteiger partial charge on any atom is -0.493 e. The molecule has 20 heavy (non-hydrogen) atoms. The van der Waals surface area contributed by atoms with Crippen molar-refractivity contribution in [2.45, 2.75) is 26.2 Å². The van der Waals surface area contributed by atoms with E-state index in [1.54, 1.807) is 0 Å². The molecule has 1 fully saturated rings. The molecule has 1 N–H and O–H groups in total. The van der Waals surface area contributed by atoms with Crippen molar-refractivity contribution in [2.24, 2.45) is 5.92 Å². The second kappa shape index (κ2) is 7.90. The Labute approximate surface area is 120 Å². The second-order valence-corrected chi connectivity index (χ2v) is 5.23. The summed E-state index contributed by atoms with van der Waals surface area (Å²) >= 11 is 0. The minimum absolute atomic E-state index is 0.0532. The first kappa shape index (κ1) is 14.9. The number of amides is 1. The van der Waals surface area contributed by atoms with Crippen LogP contribution in [0.25, 0.3) is 0 Å². The number of rotatable bonds is 7. The standard InChI is InChI=1S/C16H23NO3/c1-13-4-2-3-5-15(13)20-11-8-16(18)17-9-6-14-7-10-19-12-14/h2-5,14H,6-12H2,1H3,(H,17,18)/t14-/m0/s1. The number of nitrogens with one attached hydrogen (secondary N) is 1. The minimum atomic E-state index is 0.0532. The van der Waals surface area contributed by atoms with E-state index in [1.807, 2.05) is 31.2 Å². The van der Waals surface area contributed by atoms with Gasteiger partial charge in [-0.2, -0.15) is 0 Å². The lowest BCUT2D eigenvalue weighted by molar-refractivity contribution is -0.121. The van der Waals surface area contributed by atoms with Gasteiger partial charge in [-0.1, -0.05) is 18.2 Å². The summed E-state index contributed by atoms with van der Waals surface area (Å²) in [5, 5.41) is 2.94. The Morgan fingerprint density at radius 1 is 1.45 bits per heavy atom. The molecule has 1 amide bonds. The third-order valence-corrected chi connectivity index (χ3v) is 3.58. The van der Waals surface area contributed by atoms with Crippen LogP contribution in [-0.2, 0) is 9.53 Å². The Hall–Kier alpha value is -1.55. The smallest absolute Gasteiger partial charge is 0.223 e. The molecule has 4 heteroatoms. The molecule has 0 radical (unpaired) electrons. The van der Waals surface area contributed by atoms with E-state index < -0.39 is 0 Å². The number of aryl methyl sites for hydroxylation is 1. The van der Waals surface area contributed by atoms with Gasteiger partial charge >= 0.3 is 0 Å². The number of hydrogen-bond donors (Lipinski definition) is 1. The molecule has 0 spiro atoms. The van der Waals surface area contributed by atoms with Gasteiger partial charge in [0.1, 0.15) is 5.75 Å². The highest BCUT2D eigenvalue weighted by Gasteiger charge is 2.15. The van der Waals surface area contributed by atoms with E-state index in [9.17, 15) is 4.79 Å². The number of benzene rings is 1. The van der Waals surface area contributed by atoms with Crippen molar-refractivity contribution in [3.63, 3.8) is 0 Å². The van der Waals surface area contributed by atoms with Crippen molar-refractivity contribution in [3.8, 4) is 5.75 Å². The first-order valence-corrected chi connectivity index (χ1v) is 7.28. The Kier molecular flexibility index (Phi) is 5.87. The summed E-state index contributed by atoms with van der Waals surface area (Å²) in [6.45, 7) is 4.86. The maximum absolute atomic E-state index is 11.7. The highest BCUT2D eigenvalue weighted by atomic mass is 16.5. The van der Waals surface area contributed by atoms with Gasteiger partial charge in [0, 0.05) is 19.8 Å². The van der Waals surface area contributed by atoms with E-state index in [2.05, 4.69) is 5.32 Å². The quantitative estimate of drug-likeness (QED) is 0.832. The van der Waals surface area contributed by atoms with Gasteiger partial charge < -0.3 is 14.8 Å². The lowest BCUT2D eigenvalue weighted by atomic mass is 10.1. The zero-order chi connectivity index (χ0) is 14.2. The van der Waals surface area contributed by atoms with Crippen LogP contribution in [0, 0.1) is 12.8 Å². The summed E-state index contributed by atoms with van der Waals surface area (Å²) < 4.78 is 10.9. The van der Waals surface area contributed by atoms with Gasteiger partial charge in [0.05, 0.1) is 13.0 Å². The van der Waals surface area contributed by atoms with Gasteiger partial charge in [-0.05, 0) is 37.3 Å². The number of hydrogen-bond acceptors (Lipinski definition) is 3. The fraction of sp³-hybridized carbons (Fsp3) is 0.562. The Morgan fingerprint density at radius 3 is 3.05 bits per heavy atom. The Bertz CT molecular complexity index is 427. The van der Waals surface area contributed by atoms with Gasteiger partial charge in [0.25, 0.3) is 0 Å². The van der Waals surface area contributed by atoms with E-state index in [1.165, 1.54) is 0 Å². The predicted octanol–water partition coefficient (Wildman–Crippen LogP) is 2.31. The molecule has 1 atom stereocenters. The number of para-hydroxylation sites is 1. The fourth-order valence-corrected chi connectivity index (χ4v) is 2.29. The molecule has 1 heterocycles. The Morgan fingerprint density at radius 2 is 2.30 bits per heavy atom. The number of carbonyl (C=O) groups is 1. The van der Waals surface area contributed by atoms with Crippen LogP contribution in [0.1, 0.15) is 24.8 Å². The van der Waals surface area contributed by atoms with Crippen LogP contribution in [0.5, 0.6) is 5.75 Å². The topological polar surface area (TPSA) is 47.6 Å². The van der Waals surface area contributed by atoms with Gasteiger partial charge in [0.2, 0.25) is 5.91 Å². The predicted molar refractivity (Wildman–Crippen MR) is 77.8 cm³/mol. The summed E-state index contributed by atoms with van der Waals surface area (Å²) in [5.41, 5.74) is 1.09. The van der Waals surface area contributed by atoms with Gasteiger partial charge in [-0.25, -0.2) is 0 Å². The van der Waals surface area contributed by atoms with Crippen molar-refractivity contribution in [1.82, 2.24) is 5.32 Å². The average Bonchev–Trinajstić information content (AvgIpc) is 2.94. The van der Waals surface area contributed by atoms with Crippen LogP contribution in [0.2, 0.25) is 0 Å². The van der Waals surface area contributed by atoms with Crippen LogP contribution >= 0.6 is 0 Å². The zero-order valence-electron chi connectivity index (χ0n) is 12.1. The van der Waals surface area contributed by atoms with E-state index in [-0.39, 0.29) is 5.91 Å². The van der Waals surface area contributed by atoms with E-state index in [4.69, 9.17) is 9.47 Å². The van der Waals surface area contributed by atoms with Crippen molar-refractivity contribution < 1.29 is 14.3 Å². The first-order chi connectivity index (χ1) is 9.75. The molecule has 0 bridgehead atoms. The maximum Gasteiger partial charge on any atom is 0.223 e. The summed E-state index contributed by atoms with van der Waals surface area (Å²) in [7, 11) is 0. The summed E-state index contributed by atoms with van der Waals surface area (Å²) in [5.74, 6) is 1.51. The number of ether oxygens (including phenoxy) is 2. The molecule has 0 aliphatic carbocycles. The molecule has 1 aromatic rings. The van der Waals surface area contributed by atoms with Crippen molar-refractivity contribution in [2.75, 3.05) is 26.4 Å². The monoisotopic (exact) mass is 277 g/mol. The lowest BCUT2D eigenvalue weighted by Crippen LogP contribution is -2.27. The molecular weight excluding hydrogens is 254 g/mol. The maximum atomic E-state index is 11.7. The Balaban J connectivity index is 1.57. The highest BCUT2D eigenvalue weighted by molar-refractivity contribution is 5.75. The van der Waals surface area contributed by atoms with Gasteiger partial charge in [-0.15, -0.1) is 0 Å². The third-order valence-electron chi connectivity index (χ3n) is 3.58. The molecule has 0 saturated carbocycles. The zero-order valence-corrected chi connectivity index (χ0v) is 12.1. The van der Waals surface area contributed by atoms with Crippen LogP contribution in [0.15, 0.2) is 24.3 Å². The van der Waals surface area contributed by atoms with E-state index in [0.717, 1.165) is 43.9 Å². The number of carbonyl (C=O) groups excluding carboxylic acids is 1. The van der Waals surface area contributed by atoms with Gasteiger partial charge in [-0.3, -0.25) is 4.79 Å². The van der Waals surface area contributed by atoms with Crippen molar-refractivity contribution >= 4 is 5.91 Å². The van der Waals surface area contributed by atoms with Crippen molar-refractivity contribution in [3.05, 3.63) is 29.8 Å². The molecule has 0 aromatic heterocycles. The molecule has 2 rings (SSSR count). The van der Waals surface area contributed by atoms with Crippen LogP contribution in [0.4, 0.5) is 0 Å². The van der Waals surface area contributed by atoms with Gasteiger partial charge in [0.15, 0.2) is 0 Å². The molecule has 1 aliphatic rings. The molecule has 0 unspecified atom stereocenters. The normalized spacial score (nSPS) is 17.9. The largest absolute Gasteiger partial charge is 0.493 e. The highest BCUT2D eigenvalue weighted by Crippen LogP contribution is 2.16. The second-order valence-electron chi connectivity index (χ2n) is 5.23. The molecule has 110 valence electrons. The van der Waals surface area contributed by atoms with E-state index in [0.29, 0.717) is 18.9 Å². The van der Waals surface area contributed by atoms with E-state index >= 15 is 0 Å². The summed E-state index contributed by atoms with van der Waals surface area (Å²) in [6.07, 6.45) is 2.52. The van der Waals surface area contributed by atoms with Crippen LogP contribution in [-0.4, -0.2) is 32.3 Å². The molecule has 4 nitrogen and oxygen atoms in total. The molecular formula is C16H23NO3. The third kappa shape index (κ3) is 4.85. The molecule has 1 saturated heterocycles. The lowest BCUT2D eigenvalue weighted by Gasteiger charge is -2.10.